The number of aliphatic carboxylic acids is 1. The Morgan fingerprint density at radius 3 is 1.71 bits per heavy atom. The van der Waals surface area contributed by atoms with Gasteiger partial charge >= 0.3 is 35.5 Å². The minimum atomic E-state index is -0.661. The quantitative estimate of drug-likeness (QED) is 0.286. The number of carboxylic acids is 1. The van der Waals surface area contributed by atoms with E-state index in [-0.39, 0.29) is 31.0 Å². The van der Waals surface area contributed by atoms with Gasteiger partial charge in [-0.15, -0.1) is 0 Å². The number of rotatable bonds is 15. The molecule has 0 aromatic carbocycles. The predicted octanol–water partition coefficient (Wildman–Crippen LogP) is 3.23. The predicted molar refractivity (Wildman–Crippen MR) is 88.2 cm³/mol. The van der Waals surface area contributed by atoms with Crippen molar-refractivity contribution >= 4 is 5.97 Å². The van der Waals surface area contributed by atoms with E-state index in [4.69, 9.17) is 5.11 Å². The van der Waals surface area contributed by atoms with E-state index in [1.165, 1.54) is 70.6 Å². The van der Waals surface area contributed by atoms with Crippen molar-refractivity contribution in [1.82, 2.24) is 0 Å². The third kappa shape index (κ3) is 22.6. The van der Waals surface area contributed by atoms with Gasteiger partial charge in [-0.25, -0.2) is 0 Å². The molecule has 0 heterocycles. The molecule has 21 heavy (non-hydrogen) atoms. The Balaban J connectivity index is -0.00000180. The Kier molecular flexibility index (Phi) is 22.6. The molecule has 0 aliphatic carbocycles. The van der Waals surface area contributed by atoms with Crippen molar-refractivity contribution in [3.63, 3.8) is 0 Å². The van der Waals surface area contributed by atoms with Crippen molar-refractivity contribution < 1.29 is 40.9 Å². The molecule has 0 atom stereocenters. The number of carbonyl (C=O) groups is 1. The first kappa shape index (κ1) is 23.5. The maximum Gasteiger partial charge on any atom is 1.00 e. The van der Waals surface area contributed by atoms with Crippen molar-refractivity contribution in [1.29, 1.82) is 0 Å². The van der Waals surface area contributed by atoms with Gasteiger partial charge in [0.05, 0.1) is 0 Å². The summed E-state index contributed by atoms with van der Waals surface area (Å²) < 4.78 is 0. The van der Waals surface area contributed by atoms with E-state index in [1.54, 1.807) is 0 Å². The molecule has 120 valence electrons. The van der Waals surface area contributed by atoms with Gasteiger partial charge < -0.3 is 6.53 Å². The van der Waals surface area contributed by atoms with Gasteiger partial charge in [0.2, 0.25) is 0 Å². The number of carboxylic acid groups (broad SMARTS) is 1. The van der Waals surface area contributed by atoms with Crippen molar-refractivity contribution in [3.05, 3.63) is 12.2 Å². The summed E-state index contributed by atoms with van der Waals surface area (Å²) in [5.41, 5.74) is 0. The monoisotopic (exact) mass is 306 g/mol. The molecule has 0 fully saturated rings. The van der Waals surface area contributed by atoms with Crippen molar-refractivity contribution in [3.8, 4) is 0 Å². The van der Waals surface area contributed by atoms with Crippen molar-refractivity contribution in [2.24, 2.45) is 0 Å². The summed E-state index contributed by atoms with van der Waals surface area (Å²) in [6.07, 6.45) is 21.2. The fraction of sp³-hybridized carbons (Fsp3) is 0.833. The summed E-state index contributed by atoms with van der Waals surface area (Å²) in [6.45, 7) is 2.25. The van der Waals surface area contributed by atoms with Crippen LogP contribution in [-0.4, -0.2) is 11.1 Å². The van der Waals surface area contributed by atoms with E-state index < -0.39 is 5.97 Å². The van der Waals surface area contributed by atoms with Crippen LogP contribution in [0.2, 0.25) is 0 Å². The molecule has 0 amide bonds. The number of unbranched alkanes of at least 4 members (excludes halogenated alkanes) is 11. The van der Waals surface area contributed by atoms with Gasteiger partial charge in [0, 0.05) is 6.42 Å². The summed E-state index contributed by atoms with van der Waals surface area (Å²) in [6, 6.07) is 0. The first-order valence-corrected chi connectivity index (χ1v) is 8.64. The molecule has 2 nitrogen and oxygen atoms in total. The minimum absolute atomic E-state index is 0. The van der Waals surface area contributed by atoms with Gasteiger partial charge in [0.1, 0.15) is 0 Å². The van der Waals surface area contributed by atoms with Crippen LogP contribution < -0.4 is 29.6 Å². The summed E-state index contributed by atoms with van der Waals surface area (Å²) in [5.74, 6) is -0.661. The van der Waals surface area contributed by atoms with Crippen LogP contribution in [0.4, 0.5) is 0 Å². The minimum Gasteiger partial charge on any atom is -1.00 e. The zero-order valence-corrected chi connectivity index (χ0v) is 16.4. The first-order chi connectivity index (χ1) is 9.77. The number of allylic oxidation sites excluding steroid dienone is 2. The van der Waals surface area contributed by atoms with E-state index >= 15 is 0 Å². The molecule has 3 heteroatoms. The van der Waals surface area contributed by atoms with E-state index in [1.807, 2.05) is 0 Å². The second kappa shape index (κ2) is 20.2. The smallest absolute Gasteiger partial charge is 1.00 e. The second-order valence-corrected chi connectivity index (χ2v) is 5.73. The van der Waals surface area contributed by atoms with Crippen LogP contribution in [0.15, 0.2) is 12.2 Å². The molecule has 0 aliphatic rings. The summed E-state index contributed by atoms with van der Waals surface area (Å²) in [5, 5.41) is 8.51. The Bertz CT molecular complexity index is 245. The molecule has 0 bridgehead atoms. The average Bonchev–Trinajstić information content (AvgIpc) is 2.43. The Morgan fingerprint density at radius 2 is 1.24 bits per heavy atom. The van der Waals surface area contributed by atoms with Crippen LogP contribution in [0.5, 0.6) is 0 Å². The summed E-state index contributed by atoms with van der Waals surface area (Å²) in [7, 11) is 0. The first-order valence-electron chi connectivity index (χ1n) is 8.64. The van der Waals surface area contributed by atoms with Gasteiger partial charge in [-0.3, -0.25) is 4.79 Å². The van der Waals surface area contributed by atoms with Gasteiger partial charge in [-0.1, -0.05) is 70.4 Å². The fourth-order valence-corrected chi connectivity index (χ4v) is 2.35. The fourth-order valence-electron chi connectivity index (χ4n) is 2.35. The molecule has 0 spiro atoms. The zero-order chi connectivity index (χ0) is 14.9. The van der Waals surface area contributed by atoms with Crippen LogP contribution in [-0.2, 0) is 4.79 Å². The number of hydrogen-bond acceptors (Lipinski definition) is 1. The van der Waals surface area contributed by atoms with Crippen molar-refractivity contribution in [2.45, 2.75) is 96.8 Å². The van der Waals surface area contributed by atoms with Gasteiger partial charge in [-0.05, 0) is 32.1 Å². The van der Waals surface area contributed by atoms with Crippen molar-refractivity contribution in [2.75, 3.05) is 0 Å². The molecule has 1 N–H and O–H groups in total. The van der Waals surface area contributed by atoms with E-state index in [2.05, 4.69) is 19.1 Å². The largest absolute Gasteiger partial charge is 1.00 e. The van der Waals surface area contributed by atoms with E-state index in [9.17, 15) is 4.79 Å². The molecule has 0 aromatic rings. The Morgan fingerprint density at radius 1 is 0.810 bits per heavy atom. The second-order valence-electron chi connectivity index (χ2n) is 5.73. The molecule has 0 saturated heterocycles. The molecule has 0 unspecified atom stereocenters. The van der Waals surface area contributed by atoms with Crippen LogP contribution in [0.1, 0.15) is 98.2 Å². The van der Waals surface area contributed by atoms with Crippen LogP contribution >= 0.6 is 0 Å². The zero-order valence-electron chi connectivity index (χ0n) is 15.4. The van der Waals surface area contributed by atoms with Crippen LogP contribution in [0.25, 0.3) is 0 Å². The Hall–Kier alpha value is 0.210. The maximum absolute atomic E-state index is 10.3. The van der Waals surface area contributed by atoms with E-state index in [0.29, 0.717) is 6.42 Å². The molecule has 0 radical (unpaired) electrons. The van der Waals surface area contributed by atoms with Gasteiger partial charge in [-0.2, -0.15) is 0 Å². The topological polar surface area (TPSA) is 37.3 Å². The van der Waals surface area contributed by atoms with E-state index in [0.717, 1.165) is 12.8 Å². The maximum atomic E-state index is 10.3. The molecule has 0 aliphatic heterocycles. The molecule has 0 saturated carbocycles. The third-order valence-corrected chi connectivity index (χ3v) is 3.65. The van der Waals surface area contributed by atoms with Crippen LogP contribution in [0.3, 0.4) is 0 Å². The number of hydrogen-bond donors (Lipinski definition) is 1. The molecular formula is C18H35NaO2. The summed E-state index contributed by atoms with van der Waals surface area (Å²) >= 11 is 0. The molecule has 0 rings (SSSR count). The normalized spacial score (nSPS) is 10.7. The average molecular weight is 306 g/mol. The molecule has 0 aromatic heterocycles. The summed E-state index contributed by atoms with van der Waals surface area (Å²) in [4.78, 5) is 10.3. The molecular weight excluding hydrogens is 271 g/mol. The van der Waals surface area contributed by atoms with Gasteiger partial charge in [0.25, 0.3) is 0 Å². The Labute approximate surface area is 155 Å². The van der Waals surface area contributed by atoms with Crippen LogP contribution in [0, 0.1) is 0 Å². The van der Waals surface area contributed by atoms with Gasteiger partial charge in [0.15, 0.2) is 0 Å². The SMILES string of the molecule is CCCCCC/C=C/CCCCCCCCCC(=O)O.[H-].[Na+]. The standard InChI is InChI=1S/C18H34O2.Na.H/c1-2-3-4-5-6-7-8-9-10-11-12-13-14-15-16-17-18(19)20;;/h7-8H,2-6,9-17H2,1H3,(H,19,20);;/q;+1;-1/b8-7+;;. The third-order valence-electron chi connectivity index (χ3n) is 3.65.